The summed E-state index contributed by atoms with van der Waals surface area (Å²) in [5.74, 6) is 5.64. The number of amides is 1. The first-order valence-electron chi connectivity index (χ1n) is 4.10. The Hall–Kier alpha value is -1.55. The molecule has 0 aromatic heterocycles. The van der Waals surface area contributed by atoms with Crippen LogP contribution in [0.4, 0.5) is 11.4 Å². The van der Waals surface area contributed by atoms with Crippen molar-refractivity contribution in [3.05, 3.63) is 23.8 Å². The van der Waals surface area contributed by atoms with Crippen LogP contribution in [0.2, 0.25) is 0 Å². The fourth-order valence-corrected chi connectivity index (χ4v) is 1.56. The van der Waals surface area contributed by atoms with Crippen LogP contribution >= 0.6 is 0 Å². The van der Waals surface area contributed by atoms with E-state index in [-0.39, 0.29) is 12.5 Å². The first kappa shape index (κ1) is 8.07. The van der Waals surface area contributed by atoms with Crippen molar-refractivity contribution in [1.82, 2.24) is 0 Å². The molecule has 0 saturated heterocycles. The Morgan fingerprint density at radius 1 is 1.54 bits per heavy atom. The number of fused-ring (bicyclic) bond motifs is 1. The third kappa shape index (κ3) is 1.25. The summed E-state index contributed by atoms with van der Waals surface area (Å²) in [6.45, 7) is 2.19. The summed E-state index contributed by atoms with van der Waals surface area (Å²) in [5.41, 5.74) is 2.76. The van der Waals surface area contributed by atoms with Gasteiger partial charge in [0.05, 0.1) is 11.4 Å². The van der Waals surface area contributed by atoms with Crippen LogP contribution in [0.15, 0.2) is 18.2 Å². The lowest BCUT2D eigenvalue weighted by molar-refractivity contribution is -0.115. The van der Waals surface area contributed by atoms with E-state index in [1.165, 1.54) is 5.01 Å². The lowest BCUT2D eigenvalue weighted by Crippen LogP contribution is -2.43. The minimum Gasteiger partial charge on any atom is -0.323 e. The standard InChI is InChI=1S/C9H11N3O/c1-6-3-2-4-7-9(6)12(10)5-8(13)11-7/h2-4H,5,10H2,1H3,(H,11,13). The molecule has 0 fully saturated rings. The fraction of sp³-hybridized carbons (Fsp3) is 0.222. The van der Waals surface area contributed by atoms with Crippen molar-refractivity contribution in [2.45, 2.75) is 6.92 Å². The molecule has 1 amide bonds. The zero-order chi connectivity index (χ0) is 9.42. The maximum atomic E-state index is 11.1. The fourth-order valence-electron chi connectivity index (χ4n) is 1.56. The Balaban J connectivity index is 2.55. The molecule has 2 rings (SSSR count). The highest BCUT2D eigenvalue weighted by molar-refractivity contribution is 6.01. The monoisotopic (exact) mass is 177 g/mol. The molecular formula is C9H11N3O. The number of para-hydroxylation sites is 1. The summed E-state index contributed by atoms with van der Waals surface area (Å²) in [5, 5.41) is 4.25. The molecule has 0 spiro atoms. The maximum Gasteiger partial charge on any atom is 0.245 e. The van der Waals surface area contributed by atoms with Crippen LogP contribution in [-0.2, 0) is 4.79 Å². The van der Waals surface area contributed by atoms with Gasteiger partial charge in [-0.25, -0.2) is 5.84 Å². The van der Waals surface area contributed by atoms with Gasteiger partial charge in [0.1, 0.15) is 6.54 Å². The van der Waals surface area contributed by atoms with Gasteiger partial charge >= 0.3 is 0 Å². The van der Waals surface area contributed by atoms with Crippen molar-refractivity contribution in [1.29, 1.82) is 0 Å². The van der Waals surface area contributed by atoms with Crippen LogP contribution in [0, 0.1) is 6.92 Å². The number of hydrogen-bond donors (Lipinski definition) is 2. The van der Waals surface area contributed by atoms with Gasteiger partial charge in [0.15, 0.2) is 0 Å². The zero-order valence-corrected chi connectivity index (χ0v) is 7.37. The van der Waals surface area contributed by atoms with Gasteiger partial charge in [-0.05, 0) is 18.6 Å². The van der Waals surface area contributed by atoms with E-state index < -0.39 is 0 Å². The molecule has 1 aliphatic heterocycles. The van der Waals surface area contributed by atoms with E-state index in [2.05, 4.69) is 5.32 Å². The number of anilines is 2. The van der Waals surface area contributed by atoms with Crippen molar-refractivity contribution < 1.29 is 4.79 Å². The Morgan fingerprint density at radius 3 is 3.08 bits per heavy atom. The van der Waals surface area contributed by atoms with Gasteiger partial charge in [0.2, 0.25) is 5.91 Å². The topological polar surface area (TPSA) is 58.4 Å². The van der Waals surface area contributed by atoms with Gasteiger partial charge in [-0.2, -0.15) is 0 Å². The third-order valence-corrected chi connectivity index (χ3v) is 2.11. The SMILES string of the molecule is Cc1cccc2c1N(N)CC(=O)N2. The van der Waals surface area contributed by atoms with Crippen molar-refractivity contribution in [2.75, 3.05) is 16.9 Å². The molecule has 0 saturated carbocycles. The Bertz CT molecular complexity index is 362. The Labute approximate surface area is 76.3 Å². The summed E-state index contributed by atoms with van der Waals surface area (Å²) >= 11 is 0. The molecule has 1 aliphatic rings. The highest BCUT2D eigenvalue weighted by Gasteiger charge is 2.20. The first-order valence-corrected chi connectivity index (χ1v) is 4.10. The van der Waals surface area contributed by atoms with Gasteiger partial charge < -0.3 is 5.32 Å². The van der Waals surface area contributed by atoms with E-state index in [0.717, 1.165) is 16.9 Å². The summed E-state index contributed by atoms with van der Waals surface area (Å²) < 4.78 is 0. The number of nitrogens with two attached hydrogens (primary N) is 1. The van der Waals surface area contributed by atoms with Crippen LogP contribution < -0.4 is 16.2 Å². The average Bonchev–Trinajstić information content (AvgIpc) is 2.02. The van der Waals surface area contributed by atoms with Gasteiger partial charge in [-0.15, -0.1) is 0 Å². The lowest BCUT2D eigenvalue weighted by atomic mass is 10.1. The second kappa shape index (κ2) is 2.74. The highest BCUT2D eigenvalue weighted by Crippen LogP contribution is 2.30. The number of carbonyl (C=O) groups is 1. The van der Waals surface area contributed by atoms with Gasteiger partial charge in [0.25, 0.3) is 0 Å². The van der Waals surface area contributed by atoms with E-state index in [0.29, 0.717) is 0 Å². The quantitative estimate of drug-likeness (QED) is 0.571. The summed E-state index contributed by atoms with van der Waals surface area (Å²) in [6, 6.07) is 5.71. The predicted octanol–water partition coefficient (Wildman–Crippen LogP) is 0.627. The number of nitrogens with one attached hydrogen (secondary N) is 1. The summed E-state index contributed by atoms with van der Waals surface area (Å²) in [6.07, 6.45) is 0. The van der Waals surface area contributed by atoms with E-state index in [9.17, 15) is 4.79 Å². The molecule has 0 radical (unpaired) electrons. The molecule has 1 aromatic rings. The van der Waals surface area contributed by atoms with Crippen LogP contribution in [0.3, 0.4) is 0 Å². The second-order valence-corrected chi connectivity index (χ2v) is 3.15. The predicted molar refractivity (Wildman–Crippen MR) is 51.3 cm³/mol. The summed E-state index contributed by atoms with van der Waals surface area (Å²) in [4.78, 5) is 11.1. The number of hydrazine groups is 1. The normalized spacial score (nSPS) is 15.2. The smallest absolute Gasteiger partial charge is 0.245 e. The minimum absolute atomic E-state index is 0.0689. The molecule has 4 nitrogen and oxygen atoms in total. The van der Waals surface area contributed by atoms with Gasteiger partial charge in [-0.1, -0.05) is 12.1 Å². The molecule has 0 aliphatic carbocycles. The summed E-state index contributed by atoms with van der Waals surface area (Å²) in [7, 11) is 0. The second-order valence-electron chi connectivity index (χ2n) is 3.15. The molecule has 3 N–H and O–H groups in total. The van der Waals surface area contributed by atoms with Crippen LogP contribution in [0.1, 0.15) is 5.56 Å². The van der Waals surface area contributed by atoms with Crippen molar-refractivity contribution in [3.8, 4) is 0 Å². The zero-order valence-electron chi connectivity index (χ0n) is 7.37. The average molecular weight is 177 g/mol. The molecule has 0 unspecified atom stereocenters. The molecular weight excluding hydrogens is 166 g/mol. The maximum absolute atomic E-state index is 11.1. The lowest BCUT2D eigenvalue weighted by Gasteiger charge is -2.28. The molecule has 1 heterocycles. The number of hydrogen-bond acceptors (Lipinski definition) is 3. The number of carbonyl (C=O) groups excluding carboxylic acids is 1. The van der Waals surface area contributed by atoms with Crippen molar-refractivity contribution in [3.63, 3.8) is 0 Å². The Kier molecular flexibility index (Phi) is 1.70. The van der Waals surface area contributed by atoms with Crippen molar-refractivity contribution in [2.24, 2.45) is 5.84 Å². The number of nitrogens with zero attached hydrogens (tertiary/aromatic N) is 1. The molecule has 4 heteroatoms. The van der Waals surface area contributed by atoms with E-state index >= 15 is 0 Å². The van der Waals surface area contributed by atoms with Crippen LogP contribution in [0.25, 0.3) is 0 Å². The number of benzene rings is 1. The van der Waals surface area contributed by atoms with E-state index in [1.54, 1.807) is 0 Å². The molecule has 0 atom stereocenters. The Morgan fingerprint density at radius 2 is 2.31 bits per heavy atom. The highest BCUT2D eigenvalue weighted by atomic mass is 16.2. The molecule has 68 valence electrons. The largest absolute Gasteiger partial charge is 0.323 e. The van der Waals surface area contributed by atoms with Crippen LogP contribution in [0.5, 0.6) is 0 Å². The van der Waals surface area contributed by atoms with Gasteiger partial charge in [-0.3, -0.25) is 9.80 Å². The third-order valence-electron chi connectivity index (χ3n) is 2.11. The number of aryl methyl sites for hydroxylation is 1. The van der Waals surface area contributed by atoms with Crippen LogP contribution in [-0.4, -0.2) is 12.5 Å². The first-order chi connectivity index (χ1) is 6.18. The van der Waals surface area contributed by atoms with E-state index in [4.69, 9.17) is 5.84 Å². The number of rotatable bonds is 0. The van der Waals surface area contributed by atoms with E-state index in [1.807, 2.05) is 25.1 Å². The molecule has 1 aromatic carbocycles. The molecule has 0 bridgehead atoms. The minimum atomic E-state index is -0.0689. The molecule has 13 heavy (non-hydrogen) atoms. The van der Waals surface area contributed by atoms with Gasteiger partial charge in [0, 0.05) is 0 Å². The van der Waals surface area contributed by atoms with Crippen molar-refractivity contribution >= 4 is 17.3 Å².